The number of amides is 1. The van der Waals surface area contributed by atoms with E-state index in [4.69, 9.17) is 5.11 Å². The second-order valence-electron chi connectivity index (χ2n) is 6.11. The van der Waals surface area contributed by atoms with Gasteiger partial charge in [-0.1, -0.05) is 0 Å². The van der Waals surface area contributed by atoms with E-state index >= 15 is 0 Å². The zero-order valence-corrected chi connectivity index (χ0v) is 13.6. The molecule has 0 bridgehead atoms. The van der Waals surface area contributed by atoms with Gasteiger partial charge in [0.1, 0.15) is 0 Å². The molecule has 1 aliphatic carbocycles. The summed E-state index contributed by atoms with van der Waals surface area (Å²) in [7, 11) is 0. The van der Waals surface area contributed by atoms with Crippen molar-refractivity contribution in [3.05, 3.63) is 18.3 Å². The number of hydrogen-bond donors (Lipinski definition) is 2. The molecular weight excluding hydrogens is 360 g/mol. The second kappa shape index (κ2) is 8.33. The first-order valence-corrected chi connectivity index (χ1v) is 7.97. The van der Waals surface area contributed by atoms with Gasteiger partial charge in [-0.15, -0.1) is 0 Å². The Labute approximate surface area is 146 Å². The number of nitrogens with one attached hydrogen (secondary N) is 1. The fraction of sp³-hybridized carbons (Fsp3) is 0.562. The van der Waals surface area contributed by atoms with Gasteiger partial charge in [0.05, 0.1) is 17.8 Å². The predicted octanol–water partition coefficient (Wildman–Crippen LogP) is 3.19. The third-order valence-corrected chi connectivity index (χ3v) is 4.18. The SMILES string of the molecule is O=C(O)C1CCC(C(=O)Nc2ccc(OCC(F)(F)C(F)F)nc2)CC1. The molecule has 0 spiro atoms. The standard InChI is InChI=1S/C16H18F4N2O4/c17-15(18)16(19,20)8-26-12-6-5-11(7-21-12)22-13(23)9-1-3-10(4-2-9)14(24)25/h5-7,9-10,15H,1-4,8H2,(H,22,23)(H,24,25). The first kappa shape index (κ1) is 19.9. The minimum atomic E-state index is -4.27. The van der Waals surface area contributed by atoms with Gasteiger partial charge in [-0.3, -0.25) is 9.59 Å². The third-order valence-electron chi connectivity index (χ3n) is 4.18. The maximum absolute atomic E-state index is 12.8. The second-order valence-corrected chi connectivity index (χ2v) is 6.11. The summed E-state index contributed by atoms with van der Waals surface area (Å²) in [6, 6.07) is 2.53. The number of carboxylic acid groups (broad SMARTS) is 1. The van der Waals surface area contributed by atoms with Crippen molar-refractivity contribution in [1.29, 1.82) is 0 Å². The molecule has 1 amide bonds. The highest BCUT2D eigenvalue weighted by Crippen LogP contribution is 2.30. The molecule has 10 heteroatoms. The highest BCUT2D eigenvalue weighted by Gasteiger charge is 2.41. The first-order chi connectivity index (χ1) is 12.2. The smallest absolute Gasteiger partial charge is 0.340 e. The Kier molecular flexibility index (Phi) is 6.38. The van der Waals surface area contributed by atoms with Crippen LogP contribution in [-0.2, 0) is 9.59 Å². The molecular formula is C16H18F4N2O4. The van der Waals surface area contributed by atoms with Gasteiger partial charge >= 0.3 is 18.3 Å². The fourth-order valence-electron chi connectivity index (χ4n) is 2.62. The predicted molar refractivity (Wildman–Crippen MR) is 82.4 cm³/mol. The van der Waals surface area contributed by atoms with Gasteiger partial charge in [0, 0.05) is 12.0 Å². The Morgan fingerprint density at radius 2 is 1.85 bits per heavy atom. The molecule has 0 unspecified atom stereocenters. The molecule has 1 aromatic heterocycles. The molecule has 0 atom stereocenters. The van der Waals surface area contributed by atoms with Crippen molar-refractivity contribution in [3.8, 4) is 5.88 Å². The molecule has 1 heterocycles. The maximum Gasteiger partial charge on any atom is 0.340 e. The van der Waals surface area contributed by atoms with Crippen LogP contribution >= 0.6 is 0 Å². The summed E-state index contributed by atoms with van der Waals surface area (Å²) in [6.07, 6.45) is -0.901. The summed E-state index contributed by atoms with van der Waals surface area (Å²) in [5, 5.41) is 11.5. The van der Waals surface area contributed by atoms with E-state index in [0.717, 1.165) is 6.20 Å². The van der Waals surface area contributed by atoms with Crippen LogP contribution in [0.15, 0.2) is 18.3 Å². The number of hydrogen-bond acceptors (Lipinski definition) is 4. The van der Waals surface area contributed by atoms with Crippen LogP contribution < -0.4 is 10.1 Å². The number of halogens is 4. The van der Waals surface area contributed by atoms with Crippen molar-refractivity contribution in [3.63, 3.8) is 0 Å². The number of carboxylic acids is 1. The van der Waals surface area contributed by atoms with Crippen molar-refractivity contribution >= 4 is 17.6 Å². The molecule has 1 aliphatic rings. The van der Waals surface area contributed by atoms with Crippen LogP contribution in [0.1, 0.15) is 25.7 Å². The summed E-state index contributed by atoms with van der Waals surface area (Å²) in [5.41, 5.74) is 0.295. The van der Waals surface area contributed by atoms with Crippen LogP contribution in [-0.4, -0.2) is 40.9 Å². The van der Waals surface area contributed by atoms with E-state index in [1.165, 1.54) is 12.1 Å². The van der Waals surface area contributed by atoms with Crippen LogP contribution in [0.2, 0.25) is 0 Å². The minimum Gasteiger partial charge on any atom is -0.481 e. The number of nitrogens with zero attached hydrogens (tertiary/aromatic N) is 1. The van der Waals surface area contributed by atoms with Crippen LogP contribution in [0, 0.1) is 11.8 Å². The third kappa shape index (κ3) is 5.30. The summed E-state index contributed by atoms with van der Waals surface area (Å²) < 4.78 is 54.1. The average Bonchev–Trinajstić information content (AvgIpc) is 2.61. The van der Waals surface area contributed by atoms with Crippen LogP contribution in [0.4, 0.5) is 23.2 Å². The number of anilines is 1. The lowest BCUT2D eigenvalue weighted by Gasteiger charge is -2.25. The van der Waals surface area contributed by atoms with Crippen LogP contribution in [0.5, 0.6) is 5.88 Å². The fourth-order valence-corrected chi connectivity index (χ4v) is 2.62. The van der Waals surface area contributed by atoms with E-state index in [1.54, 1.807) is 0 Å². The van der Waals surface area contributed by atoms with Crippen molar-refractivity contribution in [2.24, 2.45) is 11.8 Å². The maximum atomic E-state index is 12.8. The Balaban J connectivity index is 1.83. The Morgan fingerprint density at radius 1 is 1.23 bits per heavy atom. The van der Waals surface area contributed by atoms with Gasteiger partial charge < -0.3 is 15.2 Å². The number of rotatable bonds is 7. The normalized spacial score (nSPS) is 20.7. The molecule has 0 aromatic carbocycles. The molecule has 1 fully saturated rings. The molecule has 2 N–H and O–H groups in total. The molecule has 0 radical (unpaired) electrons. The van der Waals surface area contributed by atoms with E-state index in [2.05, 4.69) is 15.0 Å². The van der Waals surface area contributed by atoms with Gasteiger partial charge in [-0.25, -0.2) is 13.8 Å². The van der Waals surface area contributed by atoms with Gasteiger partial charge in [-0.2, -0.15) is 8.78 Å². The van der Waals surface area contributed by atoms with Crippen LogP contribution in [0.25, 0.3) is 0 Å². The zero-order valence-electron chi connectivity index (χ0n) is 13.6. The number of ether oxygens (including phenoxy) is 1. The quantitative estimate of drug-likeness (QED) is 0.712. The summed E-state index contributed by atoms with van der Waals surface area (Å²) in [4.78, 5) is 26.7. The van der Waals surface area contributed by atoms with Crippen molar-refractivity contribution in [2.45, 2.75) is 38.0 Å². The minimum absolute atomic E-state index is 0.273. The van der Waals surface area contributed by atoms with E-state index in [1.807, 2.05) is 0 Å². The number of pyridine rings is 1. The average molecular weight is 378 g/mol. The van der Waals surface area contributed by atoms with E-state index in [0.29, 0.717) is 31.4 Å². The number of alkyl halides is 4. The molecule has 26 heavy (non-hydrogen) atoms. The molecule has 2 rings (SSSR count). The monoisotopic (exact) mass is 378 g/mol. The summed E-state index contributed by atoms with van der Waals surface area (Å²) >= 11 is 0. The molecule has 0 saturated heterocycles. The van der Waals surface area contributed by atoms with Crippen molar-refractivity contribution < 1.29 is 37.0 Å². The number of aliphatic carboxylic acids is 1. The number of carbonyl (C=O) groups is 2. The van der Waals surface area contributed by atoms with Gasteiger partial charge in [0.25, 0.3) is 0 Å². The number of carbonyl (C=O) groups excluding carboxylic acids is 1. The number of aromatic nitrogens is 1. The molecule has 0 aliphatic heterocycles. The molecule has 1 saturated carbocycles. The Morgan fingerprint density at radius 3 is 2.35 bits per heavy atom. The highest BCUT2D eigenvalue weighted by molar-refractivity contribution is 5.92. The summed E-state index contributed by atoms with van der Waals surface area (Å²) in [6.45, 7) is -1.50. The molecule has 6 nitrogen and oxygen atoms in total. The van der Waals surface area contributed by atoms with E-state index < -0.39 is 30.8 Å². The highest BCUT2D eigenvalue weighted by atomic mass is 19.3. The van der Waals surface area contributed by atoms with E-state index in [9.17, 15) is 27.2 Å². The van der Waals surface area contributed by atoms with Crippen LogP contribution in [0.3, 0.4) is 0 Å². The first-order valence-electron chi connectivity index (χ1n) is 7.97. The summed E-state index contributed by atoms with van der Waals surface area (Å²) in [5.74, 6) is -6.43. The largest absolute Gasteiger partial charge is 0.481 e. The van der Waals surface area contributed by atoms with Crippen molar-refractivity contribution in [1.82, 2.24) is 4.98 Å². The topological polar surface area (TPSA) is 88.5 Å². The van der Waals surface area contributed by atoms with Gasteiger partial charge in [0.15, 0.2) is 6.61 Å². The Bertz CT molecular complexity index is 632. The van der Waals surface area contributed by atoms with Gasteiger partial charge in [-0.05, 0) is 31.7 Å². The lowest BCUT2D eigenvalue weighted by Crippen LogP contribution is -2.33. The zero-order chi connectivity index (χ0) is 19.3. The van der Waals surface area contributed by atoms with Crippen molar-refractivity contribution in [2.75, 3.05) is 11.9 Å². The lowest BCUT2D eigenvalue weighted by atomic mass is 9.81. The molecule has 144 valence electrons. The lowest BCUT2D eigenvalue weighted by molar-refractivity contribution is -0.148. The molecule has 1 aromatic rings. The Hall–Kier alpha value is -2.39. The van der Waals surface area contributed by atoms with E-state index in [-0.39, 0.29) is 17.7 Å². The van der Waals surface area contributed by atoms with Gasteiger partial charge in [0.2, 0.25) is 11.8 Å².